The molecule has 100 valence electrons. The van der Waals surface area contributed by atoms with Crippen LogP contribution < -0.4 is 5.32 Å². The topological polar surface area (TPSA) is 86.7 Å². The van der Waals surface area contributed by atoms with Crippen LogP contribution in [0.1, 0.15) is 32.6 Å². The van der Waals surface area contributed by atoms with E-state index in [0.29, 0.717) is 19.4 Å². The average Bonchev–Trinajstić information content (AvgIpc) is 2.74. The first-order chi connectivity index (χ1) is 8.50. The van der Waals surface area contributed by atoms with E-state index in [-0.39, 0.29) is 17.7 Å². The molecule has 2 unspecified atom stereocenters. The Bertz CT molecular complexity index is 382. The Labute approximate surface area is 105 Å². The predicted octanol–water partition coefficient (Wildman–Crippen LogP) is -0.0233. The molecule has 2 fully saturated rings. The first-order valence-corrected chi connectivity index (χ1v) is 6.33. The Morgan fingerprint density at radius 3 is 2.67 bits per heavy atom. The fourth-order valence-electron chi connectivity index (χ4n) is 2.81. The van der Waals surface area contributed by atoms with E-state index in [1.807, 2.05) is 6.92 Å². The summed E-state index contributed by atoms with van der Waals surface area (Å²) in [6.45, 7) is 2.32. The fourth-order valence-corrected chi connectivity index (χ4v) is 2.81. The monoisotopic (exact) mass is 254 g/mol. The minimum atomic E-state index is -0.958. The molecule has 2 amide bonds. The molecule has 18 heavy (non-hydrogen) atoms. The number of carboxylic acid groups (broad SMARTS) is 1. The zero-order valence-electron chi connectivity index (χ0n) is 10.4. The number of aliphatic carboxylic acids is 1. The fraction of sp³-hybridized carbons (Fsp3) is 0.750. The van der Waals surface area contributed by atoms with Gasteiger partial charge in [0.05, 0.1) is 0 Å². The minimum Gasteiger partial charge on any atom is -0.480 e. The summed E-state index contributed by atoms with van der Waals surface area (Å²) >= 11 is 0. The van der Waals surface area contributed by atoms with Crippen molar-refractivity contribution >= 4 is 17.8 Å². The molecule has 0 aliphatic carbocycles. The highest BCUT2D eigenvalue weighted by Gasteiger charge is 2.40. The third kappa shape index (κ3) is 2.32. The number of rotatable bonds is 2. The molecule has 6 heteroatoms. The quantitative estimate of drug-likeness (QED) is 0.725. The summed E-state index contributed by atoms with van der Waals surface area (Å²) in [5.74, 6) is -1.39. The lowest BCUT2D eigenvalue weighted by Crippen LogP contribution is -2.56. The first-order valence-electron chi connectivity index (χ1n) is 6.33. The standard InChI is InChI=1S/C12H18N2O4/c1-7-3-2-6-14(10(7)12(17)18)11(16)8-4-5-9(15)13-8/h7-8,10H,2-6H2,1H3,(H,13,15)(H,17,18)/t7?,8-,10?/m1/s1. The van der Waals surface area contributed by atoms with Crippen molar-refractivity contribution in [2.75, 3.05) is 6.54 Å². The zero-order valence-corrected chi connectivity index (χ0v) is 10.4. The van der Waals surface area contributed by atoms with E-state index < -0.39 is 18.1 Å². The third-order valence-electron chi connectivity index (χ3n) is 3.76. The van der Waals surface area contributed by atoms with Crippen molar-refractivity contribution in [3.05, 3.63) is 0 Å². The Morgan fingerprint density at radius 2 is 2.11 bits per heavy atom. The highest BCUT2D eigenvalue weighted by atomic mass is 16.4. The lowest BCUT2D eigenvalue weighted by atomic mass is 9.90. The van der Waals surface area contributed by atoms with Gasteiger partial charge in [-0.1, -0.05) is 6.92 Å². The van der Waals surface area contributed by atoms with E-state index >= 15 is 0 Å². The summed E-state index contributed by atoms with van der Waals surface area (Å²) in [4.78, 5) is 36.1. The number of nitrogens with one attached hydrogen (secondary N) is 1. The van der Waals surface area contributed by atoms with Crippen LogP contribution in [0.15, 0.2) is 0 Å². The zero-order chi connectivity index (χ0) is 13.3. The summed E-state index contributed by atoms with van der Waals surface area (Å²) in [5.41, 5.74) is 0. The van der Waals surface area contributed by atoms with Crippen molar-refractivity contribution in [2.24, 2.45) is 5.92 Å². The molecule has 2 rings (SSSR count). The summed E-state index contributed by atoms with van der Waals surface area (Å²) in [6, 6.07) is -1.30. The number of carboxylic acids is 1. The smallest absolute Gasteiger partial charge is 0.326 e. The highest BCUT2D eigenvalue weighted by Crippen LogP contribution is 2.25. The van der Waals surface area contributed by atoms with Gasteiger partial charge < -0.3 is 15.3 Å². The van der Waals surface area contributed by atoms with Crippen LogP contribution in [-0.2, 0) is 14.4 Å². The molecule has 0 saturated carbocycles. The molecule has 2 aliphatic heterocycles. The molecular weight excluding hydrogens is 236 g/mol. The van der Waals surface area contributed by atoms with Crippen molar-refractivity contribution in [1.82, 2.24) is 10.2 Å². The van der Waals surface area contributed by atoms with Crippen molar-refractivity contribution in [2.45, 2.75) is 44.7 Å². The first kappa shape index (κ1) is 12.9. The molecule has 0 aromatic rings. The number of nitrogens with zero attached hydrogens (tertiary/aromatic N) is 1. The number of piperidine rings is 1. The second kappa shape index (κ2) is 4.96. The normalized spacial score (nSPS) is 32.2. The maximum atomic E-state index is 12.3. The maximum absolute atomic E-state index is 12.3. The Kier molecular flexibility index (Phi) is 3.54. The molecule has 2 aliphatic rings. The van der Waals surface area contributed by atoms with Crippen molar-refractivity contribution in [3.8, 4) is 0 Å². The largest absolute Gasteiger partial charge is 0.480 e. The molecule has 6 nitrogen and oxygen atoms in total. The molecule has 3 atom stereocenters. The second-order valence-corrected chi connectivity index (χ2v) is 5.09. The lowest BCUT2D eigenvalue weighted by molar-refractivity contribution is -0.155. The van der Waals surface area contributed by atoms with E-state index in [0.717, 1.165) is 12.8 Å². The van der Waals surface area contributed by atoms with Gasteiger partial charge in [0.2, 0.25) is 11.8 Å². The average molecular weight is 254 g/mol. The third-order valence-corrected chi connectivity index (χ3v) is 3.76. The molecule has 2 N–H and O–H groups in total. The van der Waals surface area contributed by atoms with Crippen LogP contribution in [0, 0.1) is 5.92 Å². The van der Waals surface area contributed by atoms with E-state index in [1.165, 1.54) is 4.90 Å². The van der Waals surface area contributed by atoms with Crippen molar-refractivity contribution < 1.29 is 19.5 Å². The number of amides is 2. The number of carbonyl (C=O) groups excluding carboxylic acids is 2. The van der Waals surface area contributed by atoms with Gasteiger partial charge in [0.15, 0.2) is 0 Å². The van der Waals surface area contributed by atoms with Crippen molar-refractivity contribution in [1.29, 1.82) is 0 Å². The molecule has 2 saturated heterocycles. The van der Waals surface area contributed by atoms with E-state index in [9.17, 15) is 19.5 Å². The molecule has 0 bridgehead atoms. The number of hydrogen-bond donors (Lipinski definition) is 2. The van der Waals surface area contributed by atoms with Gasteiger partial charge in [-0.3, -0.25) is 9.59 Å². The van der Waals surface area contributed by atoms with Gasteiger partial charge in [-0.15, -0.1) is 0 Å². The van der Waals surface area contributed by atoms with Crippen LogP contribution in [-0.4, -0.2) is 46.4 Å². The summed E-state index contributed by atoms with van der Waals surface area (Å²) in [5, 5.41) is 11.8. The summed E-state index contributed by atoms with van der Waals surface area (Å²) in [7, 11) is 0. The van der Waals surface area contributed by atoms with Gasteiger partial charge in [-0.2, -0.15) is 0 Å². The van der Waals surface area contributed by atoms with Gasteiger partial charge in [0.1, 0.15) is 12.1 Å². The summed E-state index contributed by atoms with van der Waals surface area (Å²) in [6.07, 6.45) is 2.45. The van der Waals surface area contributed by atoms with Crippen LogP contribution in [0.5, 0.6) is 0 Å². The molecule has 0 spiro atoms. The number of hydrogen-bond acceptors (Lipinski definition) is 3. The maximum Gasteiger partial charge on any atom is 0.326 e. The van der Waals surface area contributed by atoms with Gasteiger partial charge in [-0.05, 0) is 25.2 Å². The second-order valence-electron chi connectivity index (χ2n) is 5.09. The Balaban J connectivity index is 2.11. The van der Waals surface area contributed by atoms with Gasteiger partial charge in [0, 0.05) is 13.0 Å². The van der Waals surface area contributed by atoms with Crippen molar-refractivity contribution in [3.63, 3.8) is 0 Å². The molecule has 2 heterocycles. The molecular formula is C12H18N2O4. The van der Waals surface area contributed by atoms with Crippen LogP contribution in [0.2, 0.25) is 0 Å². The van der Waals surface area contributed by atoms with Gasteiger partial charge >= 0.3 is 5.97 Å². The van der Waals surface area contributed by atoms with Gasteiger partial charge in [0.25, 0.3) is 0 Å². The number of carbonyl (C=O) groups is 3. The number of likely N-dealkylation sites (tertiary alicyclic amines) is 1. The van der Waals surface area contributed by atoms with Crippen LogP contribution in [0.3, 0.4) is 0 Å². The Morgan fingerprint density at radius 1 is 1.39 bits per heavy atom. The highest BCUT2D eigenvalue weighted by molar-refractivity contribution is 5.93. The van der Waals surface area contributed by atoms with Gasteiger partial charge in [-0.25, -0.2) is 4.79 Å². The van der Waals surface area contributed by atoms with Crippen LogP contribution in [0.25, 0.3) is 0 Å². The predicted molar refractivity (Wildman–Crippen MR) is 62.7 cm³/mol. The molecule has 0 aromatic heterocycles. The van der Waals surface area contributed by atoms with Crippen LogP contribution in [0.4, 0.5) is 0 Å². The van der Waals surface area contributed by atoms with E-state index in [1.54, 1.807) is 0 Å². The Hall–Kier alpha value is -1.59. The summed E-state index contributed by atoms with van der Waals surface area (Å²) < 4.78 is 0. The minimum absolute atomic E-state index is 0.0442. The lowest BCUT2D eigenvalue weighted by Gasteiger charge is -2.38. The molecule has 0 radical (unpaired) electrons. The van der Waals surface area contributed by atoms with E-state index in [2.05, 4.69) is 5.32 Å². The van der Waals surface area contributed by atoms with E-state index in [4.69, 9.17) is 0 Å². The SMILES string of the molecule is CC1CCCN(C(=O)[C@H]2CCC(=O)N2)C1C(=O)O. The van der Waals surface area contributed by atoms with Crippen LogP contribution >= 0.6 is 0 Å². The molecule has 0 aromatic carbocycles.